The second-order valence-electron chi connectivity index (χ2n) is 4.96. The molecule has 0 heterocycles. The van der Waals surface area contributed by atoms with Crippen LogP contribution in [0.3, 0.4) is 0 Å². The third-order valence-electron chi connectivity index (χ3n) is 3.72. The van der Waals surface area contributed by atoms with Crippen LogP contribution in [0.1, 0.15) is 17.5 Å². The zero-order valence-electron chi connectivity index (χ0n) is 11.0. The number of halogens is 1. The Morgan fingerprint density at radius 2 is 2.32 bits per heavy atom. The normalized spacial score (nSPS) is 22.0. The van der Waals surface area contributed by atoms with Gasteiger partial charge in [-0.25, -0.2) is 0 Å². The van der Waals surface area contributed by atoms with Crippen molar-refractivity contribution in [1.29, 1.82) is 0 Å². The lowest BCUT2D eigenvalue weighted by Crippen LogP contribution is -2.59. The quantitative estimate of drug-likeness (QED) is 0.804. The van der Waals surface area contributed by atoms with Crippen molar-refractivity contribution in [2.45, 2.75) is 24.8 Å². The van der Waals surface area contributed by atoms with Crippen LogP contribution in [-0.4, -0.2) is 31.7 Å². The standard InChI is InChI=1S/C14H19BrN2O2/c1-19-7-6-17-14(13(16)18)5-4-10-8-12(15)3-2-11(10)9-14/h2-3,8,17H,4-7,9H2,1H3,(H2,16,18). The second-order valence-corrected chi connectivity index (χ2v) is 5.87. The van der Waals surface area contributed by atoms with E-state index in [1.807, 2.05) is 6.07 Å². The Bertz CT molecular complexity index is 479. The lowest BCUT2D eigenvalue weighted by atomic mass is 9.77. The molecule has 0 saturated carbocycles. The number of carbonyl (C=O) groups excluding carboxylic acids is 1. The van der Waals surface area contributed by atoms with Gasteiger partial charge in [-0.2, -0.15) is 0 Å². The summed E-state index contributed by atoms with van der Waals surface area (Å²) in [6.45, 7) is 1.20. The molecule has 1 unspecified atom stereocenters. The van der Waals surface area contributed by atoms with Crippen LogP contribution in [0.4, 0.5) is 0 Å². The molecular weight excluding hydrogens is 308 g/mol. The monoisotopic (exact) mass is 326 g/mol. The zero-order chi connectivity index (χ0) is 13.9. The van der Waals surface area contributed by atoms with Crippen LogP contribution in [0.2, 0.25) is 0 Å². The van der Waals surface area contributed by atoms with Gasteiger partial charge < -0.3 is 15.8 Å². The molecular formula is C14H19BrN2O2. The SMILES string of the molecule is COCCNC1(C(N)=O)CCc2cc(Br)ccc2C1. The molecule has 0 radical (unpaired) electrons. The largest absolute Gasteiger partial charge is 0.383 e. The summed E-state index contributed by atoms with van der Waals surface area (Å²) in [7, 11) is 1.65. The van der Waals surface area contributed by atoms with Crippen molar-refractivity contribution >= 4 is 21.8 Å². The minimum atomic E-state index is -0.640. The summed E-state index contributed by atoms with van der Waals surface area (Å²) >= 11 is 3.48. The topological polar surface area (TPSA) is 64.3 Å². The van der Waals surface area contributed by atoms with E-state index in [1.165, 1.54) is 11.1 Å². The molecule has 0 saturated heterocycles. The summed E-state index contributed by atoms with van der Waals surface area (Å²) in [5.74, 6) is -0.280. The van der Waals surface area contributed by atoms with Crippen LogP contribution in [0, 0.1) is 0 Å². The highest BCUT2D eigenvalue weighted by atomic mass is 79.9. The maximum absolute atomic E-state index is 11.9. The molecule has 5 heteroatoms. The molecule has 3 N–H and O–H groups in total. The lowest BCUT2D eigenvalue weighted by molar-refractivity contribution is -0.125. The number of hydrogen-bond acceptors (Lipinski definition) is 3. The predicted octanol–water partition coefficient (Wildman–Crippen LogP) is 1.40. The van der Waals surface area contributed by atoms with E-state index >= 15 is 0 Å². The maximum atomic E-state index is 11.9. The van der Waals surface area contributed by atoms with Gasteiger partial charge in [0, 0.05) is 18.1 Å². The Labute approximate surface area is 121 Å². The minimum Gasteiger partial charge on any atom is -0.383 e. The molecule has 1 aliphatic carbocycles. The molecule has 104 valence electrons. The van der Waals surface area contributed by atoms with Gasteiger partial charge in [0.25, 0.3) is 0 Å². The Hall–Kier alpha value is -0.910. The Kier molecular flexibility index (Phi) is 4.60. The number of carbonyl (C=O) groups is 1. The predicted molar refractivity (Wildman–Crippen MR) is 78.0 cm³/mol. The fourth-order valence-corrected chi connectivity index (χ4v) is 3.01. The first kappa shape index (κ1) is 14.5. The van der Waals surface area contributed by atoms with Crippen molar-refractivity contribution in [3.05, 3.63) is 33.8 Å². The molecule has 0 aromatic heterocycles. The third-order valence-corrected chi connectivity index (χ3v) is 4.22. The van der Waals surface area contributed by atoms with Gasteiger partial charge in [-0.1, -0.05) is 22.0 Å². The smallest absolute Gasteiger partial charge is 0.238 e. The summed E-state index contributed by atoms with van der Waals surface area (Å²) in [5.41, 5.74) is 7.46. The molecule has 1 atom stereocenters. The van der Waals surface area contributed by atoms with Crippen LogP contribution in [-0.2, 0) is 22.4 Å². The molecule has 2 rings (SSSR count). The zero-order valence-corrected chi connectivity index (χ0v) is 12.6. The first-order valence-corrected chi connectivity index (χ1v) is 7.18. The van der Waals surface area contributed by atoms with Gasteiger partial charge in [0.2, 0.25) is 5.91 Å². The average Bonchev–Trinajstić information content (AvgIpc) is 2.39. The molecule has 1 amide bonds. The molecule has 19 heavy (non-hydrogen) atoms. The number of amides is 1. The summed E-state index contributed by atoms with van der Waals surface area (Å²) in [4.78, 5) is 11.9. The van der Waals surface area contributed by atoms with Gasteiger partial charge in [-0.3, -0.25) is 4.79 Å². The number of ether oxygens (including phenoxy) is 1. The molecule has 0 bridgehead atoms. The highest BCUT2D eigenvalue weighted by Gasteiger charge is 2.39. The van der Waals surface area contributed by atoms with Gasteiger partial charge >= 0.3 is 0 Å². The minimum absolute atomic E-state index is 0.280. The van der Waals surface area contributed by atoms with Crippen LogP contribution in [0.25, 0.3) is 0 Å². The molecule has 0 spiro atoms. The summed E-state index contributed by atoms with van der Waals surface area (Å²) in [5, 5.41) is 3.28. The average molecular weight is 327 g/mol. The fourth-order valence-electron chi connectivity index (χ4n) is 2.60. The fraction of sp³-hybridized carbons (Fsp3) is 0.500. The second kappa shape index (κ2) is 6.03. The van der Waals surface area contributed by atoms with Crippen LogP contribution in [0.5, 0.6) is 0 Å². The Morgan fingerprint density at radius 3 is 3.00 bits per heavy atom. The molecule has 1 aliphatic rings. The van der Waals surface area contributed by atoms with Crippen molar-refractivity contribution in [2.75, 3.05) is 20.3 Å². The highest BCUT2D eigenvalue weighted by Crippen LogP contribution is 2.30. The lowest BCUT2D eigenvalue weighted by Gasteiger charge is -2.36. The molecule has 4 nitrogen and oxygen atoms in total. The van der Waals surface area contributed by atoms with Crippen molar-refractivity contribution < 1.29 is 9.53 Å². The number of nitrogens with two attached hydrogens (primary N) is 1. The molecule has 0 aliphatic heterocycles. The Morgan fingerprint density at radius 1 is 1.53 bits per heavy atom. The highest BCUT2D eigenvalue weighted by molar-refractivity contribution is 9.10. The van der Waals surface area contributed by atoms with Crippen molar-refractivity contribution in [3.8, 4) is 0 Å². The number of benzene rings is 1. The summed E-state index contributed by atoms with van der Waals surface area (Å²) in [6.07, 6.45) is 2.24. The summed E-state index contributed by atoms with van der Waals surface area (Å²) in [6, 6.07) is 6.19. The number of primary amides is 1. The number of methoxy groups -OCH3 is 1. The number of rotatable bonds is 5. The van der Waals surface area contributed by atoms with E-state index in [0.717, 1.165) is 17.3 Å². The number of fused-ring (bicyclic) bond motifs is 1. The van der Waals surface area contributed by atoms with Crippen molar-refractivity contribution in [1.82, 2.24) is 5.32 Å². The van der Waals surface area contributed by atoms with Crippen LogP contribution >= 0.6 is 15.9 Å². The van der Waals surface area contributed by atoms with Gasteiger partial charge in [-0.05, 0) is 42.5 Å². The van der Waals surface area contributed by atoms with E-state index in [4.69, 9.17) is 10.5 Å². The molecule has 1 aromatic rings. The number of nitrogens with one attached hydrogen (secondary N) is 1. The van der Waals surface area contributed by atoms with Crippen molar-refractivity contribution in [3.63, 3.8) is 0 Å². The van der Waals surface area contributed by atoms with E-state index < -0.39 is 5.54 Å². The van der Waals surface area contributed by atoms with Crippen LogP contribution in [0.15, 0.2) is 22.7 Å². The number of hydrogen-bond donors (Lipinski definition) is 2. The molecule has 1 aromatic carbocycles. The first-order valence-electron chi connectivity index (χ1n) is 6.38. The third kappa shape index (κ3) is 3.16. The maximum Gasteiger partial charge on any atom is 0.238 e. The van der Waals surface area contributed by atoms with E-state index in [-0.39, 0.29) is 5.91 Å². The van der Waals surface area contributed by atoms with E-state index in [1.54, 1.807) is 7.11 Å². The van der Waals surface area contributed by atoms with Crippen molar-refractivity contribution in [2.24, 2.45) is 5.73 Å². The van der Waals surface area contributed by atoms with Gasteiger partial charge in [0.15, 0.2) is 0 Å². The van der Waals surface area contributed by atoms with E-state index in [9.17, 15) is 4.79 Å². The summed E-state index contributed by atoms with van der Waals surface area (Å²) < 4.78 is 6.10. The van der Waals surface area contributed by atoms with Gasteiger partial charge in [0.05, 0.1) is 6.61 Å². The van der Waals surface area contributed by atoms with Crippen LogP contribution < -0.4 is 11.1 Å². The molecule has 0 fully saturated rings. The van der Waals surface area contributed by atoms with Gasteiger partial charge in [-0.15, -0.1) is 0 Å². The van der Waals surface area contributed by atoms with E-state index in [0.29, 0.717) is 19.6 Å². The van der Waals surface area contributed by atoms with E-state index in [2.05, 4.69) is 33.4 Å². The number of aryl methyl sites for hydroxylation is 1. The van der Waals surface area contributed by atoms with Gasteiger partial charge in [0.1, 0.15) is 5.54 Å². The Balaban J connectivity index is 2.19. The first-order chi connectivity index (χ1) is 9.07.